The molecule has 13 heavy (non-hydrogen) atoms. The molecular formula is C13H21. The summed E-state index contributed by atoms with van der Waals surface area (Å²) in [6, 6.07) is 0. The van der Waals surface area contributed by atoms with E-state index in [0.29, 0.717) is 5.41 Å². The minimum absolute atomic E-state index is 0.391. The van der Waals surface area contributed by atoms with Crippen LogP contribution >= 0.6 is 0 Å². The van der Waals surface area contributed by atoms with Crippen LogP contribution in [0.3, 0.4) is 0 Å². The summed E-state index contributed by atoms with van der Waals surface area (Å²) >= 11 is 0. The Morgan fingerprint density at radius 3 is 2.54 bits per heavy atom. The van der Waals surface area contributed by atoms with Gasteiger partial charge in [-0.25, -0.2) is 0 Å². The highest BCUT2D eigenvalue weighted by Gasteiger charge is 2.26. The monoisotopic (exact) mass is 177 g/mol. The van der Waals surface area contributed by atoms with Crippen LogP contribution < -0.4 is 0 Å². The van der Waals surface area contributed by atoms with E-state index in [-0.39, 0.29) is 0 Å². The molecule has 0 saturated heterocycles. The minimum Gasteiger partial charge on any atom is -0.0808 e. The van der Waals surface area contributed by atoms with Crippen molar-refractivity contribution in [3.63, 3.8) is 0 Å². The Labute approximate surface area is 82.7 Å². The number of hydrogen-bond acceptors (Lipinski definition) is 0. The molecule has 0 fully saturated rings. The highest BCUT2D eigenvalue weighted by molar-refractivity contribution is 5.33. The summed E-state index contributed by atoms with van der Waals surface area (Å²) in [4.78, 5) is 0. The normalized spacial score (nSPS) is 22.8. The zero-order chi connectivity index (χ0) is 9.90. The van der Waals surface area contributed by atoms with E-state index in [2.05, 4.69) is 46.3 Å². The predicted octanol–water partition coefficient (Wildman–Crippen LogP) is 4.29. The topological polar surface area (TPSA) is 0 Å². The van der Waals surface area contributed by atoms with Gasteiger partial charge < -0.3 is 0 Å². The summed E-state index contributed by atoms with van der Waals surface area (Å²) in [6.07, 6.45) is 10.5. The number of allylic oxidation sites excluding steroid dienone is 4. The molecule has 0 atom stereocenters. The van der Waals surface area contributed by atoms with Crippen LogP contribution in [0.1, 0.15) is 47.0 Å². The number of hydrogen-bond donors (Lipinski definition) is 0. The molecule has 1 radical (unpaired) electrons. The average molecular weight is 177 g/mol. The van der Waals surface area contributed by atoms with Crippen LogP contribution in [0.15, 0.2) is 23.3 Å². The SMILES string of the molecule is C[CH]C=CC1=C(C)CCCC1(C)C. The third kappa shape index (κ3) is 2.46. The Morgan fingerprint density at radius 2 is 2.00 bits per heavy atom. The molecule has 0 aromatic heterocycles. The average Bonchev–Trinajstić information content (AvgIpc) is 2.02. The van der Waals surface area contributed by atoms with E-state index in [0.717, 1.165) is 0 Å². The smallest absolute Gasteiger partial charge is 0.0104 e. The van der Waals surface area contributed by atoms with E-state index in [1.807, 2.05) is 0 Å². The summed E-state index contributed by atoms with van der Waals surface area (Å²) in [7, 11) is 0. The highest BCUT2D eigenvalue weighted by atomic mass is 14.3. The third-order valence-electron chi connectivity index (χ3n) is 3.00. The van der Waals surface area contributed by atoms with Gasteiger partial charge in [-0.2, -0.15) is 0 Å². The van der Waals surface area contributed by atoms with Crippen LogP contribution in [-0.4, -0.2) is 0 Å². The van der Waals surface area contributed by atoms with Gasteiger partial charge in [0.15, 0.2) is 0 Å². The first kappa shape index (κ1) is 10.6. The van der Waals surface area contributed by atoms with Gasteiger partial charge in [0.05, 0.1) is 0 Å². The lowest BCUT2D eigenvalue weighted by Crippen LogP contribution is -2.18. The highest BCUT2D eigenvalue weighted by Crippen LogP contribution is 2.40. The molecule has 0 saturated carbocycles. The van der Waals surface area contributed by atoms with E-state index in [4.69, 9.17) is 0 Å². The molecule has 0 nitrogen and oxygen atoms in total. The van der Waals surface area contributed by atoms with Gasteiger partial charge in [-0.1, -0.05) is 38.5 Å². The molecule has 1 aliphatic carbocycles. The van der Waals surface area contributed by atoms with E-state index in [9.17, 15) is 0 Å². The Bertz CT molecular complexity index is 228. The molecule has 0 heterocycles. The summed E-state index contributed by atoms with van der Waals surface area (Å²) in [5.41, 5.74) is 3.52. The molecule has 0 spiro atoms. The van der Waals surface area contributed by atoms with Crippen molar-refractivity contribution in [1.82, 2.24) is 0 Å². The molecule has 0 N–H and O–H groups in total. The third-order valence-corrected chi connectivity index (χ3v) is 3.00. The molecule has 0 bridgehead atoms. The summed E-state index contributed by atoms with van der Waals surface area (Å²) in [6.45, 7) is 9.05. The number of rotatable bonds is 2. The van der Waals surface area contributed by atoms with Gasteiger partial charge in [0, 0.05) is 0 Å². The van der Waals surface area contributed by atoms with Crippen LogP contribution in [0.2, 0.25) is 0 Å². The van der Waals surface area contributed by atoms with Gasteiger partial charge in [0.2, 0.25) is 0 Å². The minimum atomic E-state index is 0.391. The van der Waals surface area contributed by atoms with Crippen LogP contribution in [-0.2, 0) is 0 Å². The molecule has 0 aromatic rings. The second kappa shape index (κ2) is 4.13. The second-order valence-corrected chi connectivity index (χ2v) is 4.62. The molecule has 1 rings (SSSR count). The lowest BCUT2D eigenvalue weighted by molar-refractivity contribution is 0.377. The summed E-state index contributed by atoms with van der Waals surface area (Å²) < 4.78 is 0. The maximum Gasteiger partial charge on any atom is -0.0104 e. The maximum absolute atomic E-state index is 2.35. The van der Waals surface area contributed by atoms with Crippen molar-refractivity contribution in [2.45, 2.75) is 47.0 Å². The molecular weight excluding hydrogens is 156 g/mol. The van der Waals surface area contributed by atoms with Crippen molar-refractivity contribution in [1.29, 1.82) is 0 Å². The first-order chi connectivity index (χ1) is 6.08. The zero-order valence-corrected chi connectivity index (χ0v) is 9.35. The fraction of sp³-hybridized carbons (Fsp3) is 0.615. The Balaban J connectivity index is 2.91. The van der Waals surface area contributed by atoms with E-state index in [1.165, 1.54) is 19.3 Å². The molecule has 0 aromatic carbocycles. The van der Waals surface area contributed by atoms with Gasteiger partial charge in [-0.3, -0.25) is 0 Å². The van der Waals surface area contributed by atoms with Crippen molar-refractivity contribution in [3.05, 3.63) is 29.7 Å². The Kier molecular flexibility index (Phi) is 3.35. The lowest BCUT2D eigenvalue weighted by atomic mass is 9.72. The van der Waals surface area contributed by atoms with E-state index >= 15 is 0 Å². The summed E-state index contributed by atoms with van der Waals surface area (Å²) in [5, 5.41) is 0. The van der Waals surface area contributed by atoms with Crippen LogP contribution in [0.5, 0.6) is 0 Å². The van der Waals surface area contributed by atoms with E-state index in [1.54, 1.807) is 11.1 Å². The standard InChI is InChI=1S/C13H21/c1-5-6-9-12-11(2)8-7-10-13(12,3)4/h5-6,9H,7-8,10H2,1-4H3. The fourth-order valence-electron chi connectivity index (χ4n) is 2.20. The maximum atomic E-state index is 2.35. The van der Waals surface area contributed by atoms with Crippen molar-refractivity contribution < 1.29 is 0 Å². The van der Waals surface area contributed by atoms with Crippen molar-refractivity contribution in [2.24, 2.45) is 5.41 Å². The van der Waals surface area contributed by atoms with Crippen molar-refractivity contribution in [3.8, 4) is 0 Å². The van der Waals surface area contributed by atoms with Gasteiger partial charge in [0.1, 0.15) is 0 Å². The molecule has 0 amide bonds. The van der Waals surface area contributed by atoms with Crippen molar-refractivity contribution >= 4 is 0 Å². The van der Waals surface area contributed by atoms with Gasteiger partial charge in [0.25, 0.3) is 0 Å². The quantitative estimate of drug-likeness (QED) is 0.590. The van der Waals surface area contributed by atoms with Gasteiger partial charge >= 0.3 is 0 Å². The predicted molar refractivity (Wildman–Crippen MR) is 59.4 cm³/mol. The van der Waals surface area contributed by atoms with Crippen LogP contribution in [0.25, 0.3) is 0 Å². The molecule has 1 aliphatic rings. The first-order valence-electron chi connectivity index (χ1n) is 5.24. The summed E-state index contributed by atoms with van der Waals surface area (Å²) in [5.74, 6) is 0. The lowest BCUT2D eigenvalue weighted by Gasteiger charge is -2.32. The van der Waals surface area contributed by atoms with Crippen LogP contribution in [0, 0.1) is 11.8 Å². The van der Waals surface area contributed by atoms with Gasteiger partial charge in [-0.15, -0.1) is 0 Å². The zero-order valence-electron chi connectivity index (χ0n) is 9.35. The first-order valence-corrected chi connectivity index (χ1v) is 5.24. The van der Waals surface area contributed by atoms with Crippen LogP contribution in [0.4, 0.5) is 0 Å². The second-order valence-electron chi connectivity index (χ2n) is 4.62. The Hall–Kier alpha value is -0.520. The largest absolute Gasteiger partial charge is 0.0808 e. The molecule has 73 valence electrons. The molecule has 0 unspecified atom stereocenters. The van der Waals surface area contributed by atoms with Gasteiger partial charge in [-0.05, 0) is 43.6 Å². The molecule has 0 aliphatic heterocycles. The fourth-order valence-corrected chi connectivity index (χ4v) is 2.20. The van der Waals surface area contributed by atoms with E-state index < -0.39 is 0 Å². The Morgan fingerprint density at radius 1 is 1.31 bits per heavy atom. The van der Waals surface area contributed by atoms with Crippen molar-refractivity contribution in [2.75, 3.05) is 0 Å². The molecule has 0 heteroatoms.